The van der Waals surface area contributed by atoms with Crippen LogP contribution in [0, 0.1) is 0 Å². The fourth-order valence-electron chi connectivity index (χ4n) is 3.05. The van der Waals surface area contributed by atoms with Gasteiger partial charge in [0.1, 0.15) is 0 Å². The van der Waals surface area contributed by atoms with Crippen molar-refractivity contribution >= 4 is 23.5 Å². The maximum absolute atomic E-state index is 12.5. The number of nitrogens with one attached hydrogen (secondary N) is 1. The highest BCUT2D eigenvalue weighted by Gasteiger charge is 2.18. The summed E-state index contributed by atoms with van der Waals surface area (Å²) in [6.07, 6.45) is 3.26. The lowest BCUT2D eigenvalue weighted by atomic mass is 10.1. The zero-order chi connectivity index (χ0) is 19.2. The highest BCUT2D eigenvalue weighted by molar-refractivity contribution is 6.05. The van der Waals surface area contributed by atoms with Crippen LogP contribution >= 0.6 is 0 Å². The molecule has 1 heterocycles. The monoisotopic (exact) mass is 366 g/mol. The first-order chi connectivity index (χ1) is 13.1. The lowest BCUT2D eigenvalue weighted by molar-refractivity contribution is 0.0600. The average Bonchev–Trinajstić information content (AvgIpc) is 2.74. The van der Waals surface area contributed by atoms with Gasteiger partial charge >= 0.3 is 5.97 Å². The van der Waals surface area contributed by atoms with Crippen molar-refractivity contribution in [2.24, 2.45) is 0 Å². The van der Waals surface area contributed by atoms with E-state index in [1.54, 1.807) is 48.5 Å². The van der Waals surface area contributed by atoms with Crippen LogP contribution in [0.5, 0.6) is 0 Å². The molecule has 1 aliphatic rings. The number of rotatable bonds is 4. The molecule has 0 aliphatic carbocycles. The van der Waals surface area contributed by atoms with Crippen molar-refractivity contribution in [3.63, 3.8) is 0 Å². The molecular formula is C21H22N2O4. The highest BCUT2D eigenvalue weighted by Crippen LogP contribution is 2.15. The summed E-state index contributed by atoms with van der Waals surface area (Å²) in [5.41, 5.74) is 2.04. The van der Waals surface area contributed by atoms with E-state index in [4.69, 9.17) is 0 Å². The summed E-state index contributed by atoms with van der Waals surface area (Å²) >= 11 is 0. The van der Waals surface area contributed by atoms with Gasteiger partial charge in [0, 0.05) is 29.9 Å². The number of piperidine rings is 1. The molecule has 0 atom stereocenters. The molecule has 140 valence electrons. The summed E-state index contributed by atoms with van der Waals surface area (Å²) in [5.74, 6) is -0.695. The first-order valence-corrected chi connectivity index (χ1v) is 8.97. The topological polar surface area (TPSA) is 75.7 Å². The van der Waals surface area contributed by atoms with Gasteiger partial charge in [0.2, 0.25) is 0 Å². The number of likely N-dealkylation sites (tertiary alicyclic amines) is 1. The van der Waals surface area contributed by atoms with E-state index in [1.807, 2.05) is 4.90 Å². The number of esters is 1. The van der Waals surface area contributed by atoms with Crippen molar-refractivity contribution < 1.29 is 19.1 Å². The Bertz CT molecular complexity index is 822. The number of hydrogen-bond donors (Lipinski definition) is 1. The largest absolute Gasteiger partial charge is 0.465 e. The number of carbonyl (C=O) groups excluding carboxylic acids is 3. The molecule has 0 radical (unpaired) electrons. The van der Waals surface area contributed by atoms with Crippen LogP contribution in [0.4, 0.5) is 5.69 Å². The molecule has 1 fully saturated rings. The first-order valence-electron chi connectivity index (χ1n) is 8.97. The third kappa shape index (κ3) is 4.53. The number of benzene rings is 2. The first kappa shape index (κ1) is 18.6. The molecular weight excluding hydrogens is 344 g/mol. The summed E-state index contributed by atoms with van der Waals surface area (Å²) in [6, 6.07) is 13.1. The maximum atomic E-state index is 12.5. The Morgan fingerprint density at radius 2 is 1.37 bits per heavy atom. The van der Waals surface area contributed by atoms with Crippen molar-refractivity contribution in [3.8, 4) is 0 Å². The third-order valence-electron chi connectivity index (χ3n) is 4.60. The summed E-state index contributed by atoms with van der Waals surface area (Å²) in [7, 11) is 1.32. The SMILES string of the molecule is COC(=O)c1ccc(NC(=O)c2ccc(C(=O)N3CCCCC3)cc2)cc1. The molecule has 0 unspecified atom stereocenters. The normalized spacial score (nSPS) is 13.7. The average molecular weight is 366 g/mol. The Hall–Kier alpha value is -3.15. The van der Waals surface area contributed by atoms with Crippen LogP contribution in [0.3, 0.4) is 0 Å². The van der Waals surface area contributed by atoms with E-state index in [1.165, 1.54) is 13.5 Å². The van der Waals surface area contributed by atoms with E-state index < -0.39 is 5.97 Å². The van der Waals surface area contributed by atoms with Crippen LogP contribution in [0.25, 0.3) is 0 Å². The van der Waals surface area contributed by atoms with Gasteiger partial charge < -0.3 is 15.0 Å². The Kier molecular flexibility index (Phi) is 5.86. The molecule has 27 heavy (non-hydrogen) atoms. The van der Waals surface area contributed by atoms with E-state index in [-0.39, 0.29) is 11.8 Å². The van der Waals surface area contributed by atoms with Crippen LogP contribution in [-0.2, 0) is 4.74 Å². The second kappa shape index (κ2) is 8.49. The lowest BCUT2D eigenvalue weighted by Crippen LogP contribution is -2.35. The lowest BCUT2D eigenvalue weighted by Gasteiger charge is -2.26. The van der Waals surface area contributed by atoms with Crippen LogP contribution in [-0.4, -0.2) is 42.9 Å². The molecule has 0 spiro atoms. The van der Waals surface area contributed by atoms with Gasteiger partial charge in [-0.2, -0.15) is 0 Å². The smallest absolute Gasteiger partial charge is 0.337 e. The molecule has 0 bridgehead atoms. The van der Waals surface area contributed by atoms with Gasteiger partial charge in [-0.3, -0.25) is 9.59 Å². The highest BCUT2D eigenvalue weighted by atomic mass is 16.5. The molecule has 3 rings (SSSR count). The predicted octanol–water partition coefficient (Wildman–Crippen LogP) is 3.35. The van der Waals surface area contributed by atoms with Gasteiger partial charge in [-0.1, -0.05) is 0 Å². The van der Waals surface area contributed by atoms with Gasteiger partial charge in [-0.05, 0) is 67.8 Å². The quantitative estimate of drug-likeness (QED) is 0.842. The van der Waals surface area contributed by atoms with Crippen LogP contribution in [0.15, 0.2) is 48.5 Å². The number of amides is 2. The van der Waals surface area contributed by atoms with Crippen LogP contribution in [0.1, 0.15) is 50.3 Å². The Labute approximate surface area is 158 Å². The van der Waals surface area contributed by atoms with Crippen molar-refractivity contribution in [1.82, 2.24) is 4.90 Å². The molecule has 6 nitrogen and oxygen atoms in total. The van der Waals surface area contributed by atoms with Crippen molar-refractivity contribution in [3.05, 3.63) is 65.2 Å². The second-order valence-corrected chi connectivity index (χ2v) is 6.45. The van der Waals surface area contributed by atoms with E-state index in [2.05, 4.69) is 10.1 Å². The minimum Gasteiger partial charge on any atom is -0.465 e. The number of hydrogen-bond acceptors (Lipinski definition) is 4. The van der Waals surface area contributed by atoms with Crippen molar-refractivity contribution in [2.75, 3.05) is 25.5 Å². The zero-order valence-corrected chi connectivity index (χ0v) is 15.2. The predicted molar refractivity (Wildman–Crippen MR) is 102 cm³/mol. The van der Waals surface area contributed by atoms with Gasteiger partial charge in [-0.15, -0.1) is 0 Å². The fourth-order valence-corrected chi connectivity index (χ4v) is 3.05. The van der Waals surface area contributed by atoms with E-state index in [9.17, 15) is 14.4 Å². The minimum absolute atomic E-state index is 0.0139. The van der Waals surface area contributed by atoms with Gasteiger partial charge in [0.05, 0.1) is 12.7 Å². The number of nitrogens with zero attached hydrogens (tertiary/aromatic N) is 1. The van der Waals surface area contributed by atoms with E-state index in [0.717, 1.165) is 25.9 Å². The summed E-state index contributed by atoms with van der Waals surface area (Å²) in [5, 5.41) is 2.77. The summed E-state index contributed by atoms with van der Waals surface area (Å²) in [6.45, 7) is 1.59. The van der Waals surface area contributed by atoms with Crippen LogP contribution in [0.2, 0.25) is 0 Å². The Balaban J connectivity index is 1.63. The Morgan fingerprint density at radius 1 is 0.815 bits per heavy atom. The molecule has 2 amide bonds. The molecule has 0 aromatic heterocycles. The Morgan fingerprint density at radius 3 is 1.96 bits per heavy atom. The van der Waals surface area contributed by atoms with E-state index >= 15 is 0 Å². The third-order valence-corrected chi connectivity index (χ3v) is 4.60. The van der Waals surface area contributed by atoms with Crippen LogP contribution < -0.4 is 5.32 Å². The molecule has 6 heteroatoms. The standard InChI is InChI=1S/C21H22N2O4/c1-27-21(26)17-9-11-18(12-10-17)22-19(24)15-5-7-16(8-6-15)20(25)23-13-3-2-4-14-23/h5-12H,2-4,13-14H2,1H3,(H,22,24). The molecule has 2 aromatic rings. The number of anilines is 1. The molecule has 1 saturated heterocycles. The summed E-state index contributed by atoms with van der Waals surface area (Å²) < 4.78 is 4.64. The molecule has 0 saturated carbocycles. The minimum atomic E-state index is -0.429. The fraction of sp³-hybridized carbons (Fsp3) is 0.286. The second-order valence-electron chi connectivity index (χ2n) is 6.45. The van der Waals surface area contributed by atoms with Gasteiger partial charge in [0.15, 0.2) is 0 Å². The van der Waals surface area contributed by atoms with E-state index in [0.29, 0.717) is 22.4 Å². The number of carbonyl (C=O) groups is 3. The van der Waals surface area contributed by atoms with Gasteiger partial charge in [0.25, 0.3) is 11.8 Å². The molecule has 1 N–H and O–H groups in total. The van der Waals surface area contributed by atoms with Crippen molar-refractivity contribution in [1.29, 1.82) is 0 Å². The van der Waals surface area contributed by atoms with Gasteiger partial charge in [-0.25, -0.2) is 4.79 Å². The molecule has 2 aromatic carbocycles. The van der Waals surface area contributed by atoms with Crippen molar-refractivity contribution in [2.45, 2.75) is 19.3 Å². The number of methoxy groups -OCH3 is 1. The molecule has 1 aliphatic heterocycles. The summed E-state index contributed by atoms with van der Waals surface area (Å²) in [4.78, 5) is 38.1. The maximum Gasteiger partial charge on any atom is 0.337 e. The zero-order valence-electron chi connectivity index (χ0n) is 15.2. The number of ether oxygens (including phenoxy) is 1.